The molecule has 140 valence electrons. The van der Waals surface area contributed by atoms with Crippen LogP contribution < -0.4 is 10.1 Å². The van der Waals surface area contributed by atoms with Crippen molar-refractivity contribution >= 4 is 45.6 Å². The molecule has 27 heavy (non-hydrogen) atoms. The molecule has 0 saturated heterocycles. The third-order valence-corrected chi connectivity index (χ3v) is 5.67. The van der Waals surface area contributed by atoms with E-state index in [9.17, 15) is 4.79 Å². The van der Waals surface area contributed by atoms with E-state index < -0.39 is 0 Å². The maximum absolute atomic E-state index is 12.1. The van der Waals surface area contributed by atoms with E-state index >= 15 is 0 Å². The quantitative estimate of drug-likeness (QED) is 0.558. The van der Waals surface area contributed by atoms with E-state index in [2.05, 4.69) is 10.3 Å². The molecule has 0 aliphatic heterocycles. The van der Waals surface area contributed by atoms with Crippen molar-refractivity contribution in [1.29, 1.82) is 0 Å². The fourth-order valence-corrected chi connectivity index (χ4v) is 3.72. The van der Waals surface area contributed by atoms with Crippen LogP contribution in [0.4, 0.5) is 5.13 Å². The summed E-state index contributed by atoms with van der Waals surface area (Å²) in [5.74, 6) is 0.457. The zero-order chi connectivity index (χ0) is 19.4. The number of halogens is 2. The largest absolute Gasteiger partial charge is 0.483 e. The number of benzene rings is 2. The van der Waals surface area contributed by atoms with Gasteiger partial charge in [0.1, 0.15) is 5.75 Å². The Morgan fingerprint density at radius 1 is 1.22 bits per heavy atom. The summed E-state index contributed by atoms with van der Waals surface area (Å²) in [6.45, 7) is 3.86. The minimum Gasteiger partial charge on any atom is -0.483 e. The van der Waals surface area contributed by atoms with Crippen LogP contribution in [0.2, 0.25) is 10.0 Å². The molecule has 1 amide bonds. The number of carbonyl (C=O) groups excluding carboxylic acids is 1. The summed E-state index contributed by atoms with van der Waals surface area (Å²) in [5, 5.41) is 4.35. The van der Waals surface area contributed by atoms with Crippen LogP contribution in [0, 0.1) is 13.8 Å². The average molecular weight is 421 g/mol. The molecule has 4 nitrogen and oxygen atoms in total. The van der Waals surface area contributed by atoms with Gasteiger partial charge in [-0.1, -0.05) is 47.5 Å². The lowest BCUT2D eigenvalue weighted by atomic mass is 10.1. The number of aryl methyl sites for hydroxylation is 2. The molecule has 0 spiro atoms. The van der Waals surface area contributed by atoms with Crippen LogP contribution in [0.1, 0.15) is 21.6 Å². The topological polar surface area (TPSA) is 51.2 Å². The number of aromatic nitrogens is 1. The molecule has 7 heteroatoms. The van der Waals surface area contributed by atoms with Gasteiger partial charge in [0.2, 0.25) is 0 Å². The Morgan fingerprint density at radius 2 is 2.04 bits per heavy atom. The first kappa shape index (κ1) is 19.7. The molecule has 1 heterocycles. The Bertz CT molecular complexity index is 972. The summed E-state index contributed by atoms with van der Waals surface area (Å²) in [6.07, 6.45) is 2.33. The van der Waals surface area contributed by atoms with E-state index in [1.165, 1.54) is 11.3 Å². The number of nitrogens with zero attached hydrogens (tertiary/aromatic N) is 1. The Morgan fingerprint density at radius 3 is 2.85 bits per heavy atom. The minimum atomic E-state index is -0.252. The molecule has 3 rings (SSSR count). The second kappa shape index (κ2) is 8.74. The zero-order valence-corrected chi connectivity index (χ0v) is 17.2. The van der Waals surface area contributed by atoms with Gasteiger partial charge in [0, 0.05) is 17.5 Å². The van der Waals surface area contributed by atoms with E-state index in [4.69, 9.17) is 27.9 Å². The summed E-state index contributed by atoms with van der Waals surface area (Å²) < 4.78 is 5.62. The molecule has 0 radical (unpaired) electrons. The molecule has 0 aliphatic carbocycles. The van der Waals surface area contributed by atoms with Crippen LogP contribution in [-0.2, 0) is 11.2 Å². The van der Waals surface area contributed by atoms with Crippen LogP contribution in [-0.4, -0.2) is 17.5 Å². The Kier molecular flexibility index (Phi) is 6.37. The number of hydrogen-bond acceptors (Lipinski definition) is 4. The third-order valence-electron chi connectivity index (χ3n) is 3.90. The first-order valence-electron chi connectivity index (χ1n) is 8.30. The summed E-state index contributed by atoms with van der Waals surface area (Å²) >= 11 is 13.7. The van der Waals surface area contributed by atoms with Crippen molar-refractivity contribution in [2.24, 2.45) is 0 Å². The molecule has 0 saturated carbocycles. The molecule has 1 aromatic heterocycles. The molecule has 0 fully saturated rings. The lowest BCUT2D eigenvalue weighted by Crippen LogP contribution is -2.20. The van der Waals surface area contributed by atoms with Gasteiger partial charge in [-0.25, -0.2) is 4.98 Å². The maximum Gasteiger partial charge on any atom is 0.264 e. The number of thiazole rings is 1. The first-order valence-corrected chi connectivity index (χ1v) is 9.87. The van der Waals surface area contributed by atoms with Crippen LogP contribution >= 0.6 is 34.5 Å². The van der Waals surface area contributed by atoms with Gasteiger partial charge in [0.15, 0.2) is 11.7 Å². The number of amides is 1. The van der Waals surface area contributed by atoms with Crippen LogP contribution in [0.15, 0.2) is 42.6 Å². The Hall–Kier alpha value is -2.08. The lowest BCUT2D eigenvalue weighted by molar-refractivity contribution is -0.118. The number of hydrogen-bond donors (Lipinski definition) is 1. The number of anilines is 1. The first-order chi connectivity index (χ1) is 12.9. The zero-order valence-electron chi connectivity index (χ0n) is 14.9. The van der Waals surface area contributed by atoms with Crippen molar-refractivity contribution in [1.82, 2.24) is 4.98 Å². The number of carbonyl (C=O) groups is 1. The van der Waals surface area contributed by atoms with Gasteiger partial charge in [0.25, 0.3) is 5.91 Å². The highest BCUT2D eigenvalue weighted by atomic mass is 35.5. The normalized spacial score (nSPS) is 10.7. The molecule has 0 atom stereocenters. The monoisotopic (exact) mass is 420 g/mol. The summed E-state index contributed by atoms with van der Waals surface area (Å²) in [4.78, 5) is 17.4. The molecular formula is C20H18Cl2N2O2S. The summed E-state index contributed by atoms with van der Waals surface area (Å²) in [5.41, 5.74) is 2.99. The summed E-state index contributed by atoms with van der Waals surface area (Å²) in [6, 6.07) is 11.4. The fourth-order valence-electron chi connectivity index (χ4n) is 2.48. The molecular weight excluding hydrogens is 403 g/mol. The Balaban J connectivity index is 1.58. The van der Waals surface area contributed by atoms with E-state index in [0.717, 1.165) is 21.6 Å². The van der Waals surface area contributed by atoms with Crippen LogP contribution in [0.3, 0.4) is 0 Å². The third kappa shape index (κ3) is 5.22. The molecule has 0 aliphatic rings. The van der Waals surface area contributed by atoms with Crippen molar-refractivity contribution in [3.63, 3.8) is 0 Å². The van der Waals surface area contributed by atoms with Gasteiger partial charge in [-0.2, -0.15) is 0 Å². The molecule has 0 unspecified atom stereocenters. The van der Waals surface area contributed by atoms with E-state index in [1.807, 2.05) is 44.2 Å². The summed E-state index contributed by atoms with van der Waals surface area (Å²) in [7, 11) is 0. The van der Waals surface area contributed by atoms with Gasteiger partial charge >= 0.3 is 0 Å². The van der Waals surface area contributed by atoms with Crippen LogP contribution in [0.5, 0.6) is 5.75 Å². The fraction of sp³-hybridized carbons (Fsp3) is 0.200. The maximum atomic E-state index is 12.1. The highest BCUT2D eigenvalue weighted by Crippen LogP contribution is 2.29. The highest BCUT2D eigenvalue weighted by molar-refractivity contribution is 7.15. The standard InChI is InChI=1S/C20H18Cl2N2O2S/c1-12-6-7-13(2)17(8-12)26-11-18(25)24-20-23-10-15(27-20)9-14-4-3-5-16(21)19(14)22/h3-8,10H,9,11H2,1-2H3,(H,23,24,25). The lowest BCUT2D eigenvalue weighted by Gasteiger charge is -2.09. The molecule has 2 aromatic carbocycles. The van der Waals surface area contributed by atoms with E-state index in [-0.39, 0.29) is 12.5 Å². The predicted molar refractivity (Wildman–Crippen MR) is 111 cm³/mol. The molecule has 0 bridgehead atoms. The van der Waals surface area contributed by atoms with Gasteiger partial charge in [-0.15, -0.1) is 11.3 Å². The highest BCUT2D eigenvalue weighted by Gasteiger charge is 2.11. The van der Waals surface area contributed by atoms with Gasteiger partial charge < -0.3 is 4.74 Å². The smallest absolute Gasteiger partial charge is 0.264 e. The predicted octanol–water partition coefficient (Wildman–Crippen LogP) is 5.68. The van der Waals surface area contributed by atoms with Crippen molar-refractivity contribution in [2.75, 3.05) is 11.9 Å². The van der Waals surface area contributed by atoms with Gasteiger partial charge in [-0.3, -0.25) is 10.1 Å². The SMILES string of the molecule is Cc1ccc(C)c(OCC(=O)Nc2ncc(Cc3cccc(Cl)c3Cl)s2)c1. The minimum absolute atomic E-state index is 0.0701. The Labute approximate surface area is 172 Å². The van der Waals surface area contributed by atoms with Gasteiger partial charge in [-0.05, 0) is 42.7 Å². The molecule has 1 N–H and O–H groups in total. The average Bonchev–Trinajstić information content (AvgIpc) is 3.06. The van der Waals surface area contributed by atoms with E-state index in [0.29, 0.717) is 27.3 Å². The van der Waals surface area contributed by atoms with Crippen molar-refractivity contribution in [2.45, 2.75) is 20.3 Å². The van der Waals surface area contributed by atoms with Crippen molar-refractivity contribution in [3.8, 4) is 5.75 Å². The number of rotatable bonds is 6. The number of nitrogens with one attached hydrogen (secondary N) is 1. The van der Waals surface area contributed by atoms with Crippen molar-refractivity contribution in [3.05, 3.63) is 74.2 Å². The van der Waals surface area contributed by atoms with Gasteiger partial charge in [0.05, 0.1) is 10.0 Å². The number of ether oxygens (including phenoxy) is 1. The van der Waals surface area contributed by atoms with Crippen molar-refractivity contribution < 1.29 is 9.53 Å². The molecule has 3 aromatic rings. The van der Waals surface area contributed by atoms with Crippen LogP contribution in [0.25, 0.3) is 0 Å². The second-order valence-corrected chi connectivity index (χ2v) is 8.03. The van der Waals surface area contributed by atoms with E-state index in [1.54, 1.807) is 12.3 Å². The second-order valence-electron chi connectivity index (χ2n) is 6.13.